The van der Waals surface area contributed by atoms with Crippen LogP contribution in [0.3, 0.4) is 0 Å². The van der Waals surface area contributed by atoms with E-state index in [-0.39, 0.29) is 0 Å². The van der Waals surface area contributed by atoms with Gasteiger partial charge in [0, 0.05) is 14.5 Å². The van der Waals surface area contributed by atoms with E-state index in [2.05, 4.69) is 15.9 Å². The van der Waals surface area contributed by atoms with Crippen molar-refractivity contribution in [2.75, 3.05) is 0 Å². The van der Waals surface area contributed by atoms with Gasteiger partial charge in [-0.2, -0.15) is 0 Å². The van der Waals surface area contributed by atoms with Gasteiger partial charge in [-0.05, 0) is 48.2 Å². The van der Waals surface area contributed by atoms with Gasteiger partial charge in [0.15, 0.2) is 0 Å². The maximum atomic E-state index is 10.2. The highest BCUT2D eigenvalue weighted by molar-refractivity contribution is 9.10. The minimum atomic E-state index is -0.576. The number of rotatable bonds is 4. The fraction of sp³-hybridized carbons (Fsp3) is 0.200. The number of benzene rings is 2. The highest BCUT2D eigenvalue weighted by atomic mass is 79.9. The molecule has 0 fully saturated rings. The van der Waals surface area contributed by atoms with Crippen molar-refractivity contribution in [3.8, 4) is 0 Å². The Balaban J connectivity index is 2.01. The van der Waals surface area contributed by atoms with Crippen LogP contribution in [0.5, 0.6) is 0 Å². The molecule has 0 saturated heterocycles. The number of aliphatic hydroxyl groups is 1. The zero-order valence-electron chi connectivity index (χ0n) is 10.1. The lowest BCUT2D eigenvalue weighted by atomic mass is 10.0. The first-order valence-corrected chi connectivity index (χ1v) is 7.48. The van der Waals surface area contributed by atoms with Crippen LogP contribution in [0.1, 0.15) is 23.7 Å². The summed E-state index contributed by atoms with van der Waals surface area (Å²) in [4.78, 5) is 0. The van der Waals surface area contributed by atoms with Crippen molar-refractivity contribution < 1.29 is 5.11 Å². The molecule has 0 radical (unpaired) electrons. The lowest BCUT2D eigenvalue weighted by Gasteiger charge is -2.13. The first-order chi connectivity index (χ1) is 9.06. The summed E-state index contributed by atoms with van der Waals surface area (Å²) in [5.41, 5.74) is 1.91. The lowest BCUT2D eigenvalue weighted by molar-refractivity contribution is 0.168. The monoisotopic (exact) mass is 358 g/mol. The Morgan fingerprint density at radius 3 is 2.37 bits per heavy atom. The SMILES string of the molecule is OC(CCc1ccc(Br)cc1)c1ccc(Cl)cc1Cl. The largest absolute Gasteiger partial charge is 0.388 e. The Bertz CT molecular complexity index is 555. The van der Waals surface area contributed by atoms with E-state index in [1.807, 2.05) is 24.3 Å². The molecule has 2 aromatic rings. The Hall–Kier alpha value is -0.540. The number of halogens is 3. The van der Waals surface area contributed by atoms with Crippen LogP contribution in [0.15, 0.2) is 46.9 Å². The highest BCUT2D eigenvalue weighted by Gasteiger charge is 2.12. The van der Waals surface area contributed by atoms with Gasteiger partial charge in [-0.25, -0.2) is 0 Å². The fourth-order valence-electron chi connectivity index (χ4n) is 1.88. The van der Waals surface area contributed by atoms with Crippen LogP contribution in [0, 0.1) is 0 Å². The van der Waals surface area contributed by atoms with Gasteiger partial charge in [-0.1, -0.05) is 57.3 Å². The molecule has 0 aliphatic heterocycles. The van der Waals surface area contributed by atoms with E-state index >= 15 is 0 Å². The van der Waals surface area contributed by atoms with Crippen molar-refractivity contribution in [1.29, 1.82) is 0 Å². The molecule has 2 aromatic carbocycles. The number of hydrogen-bond donors (Lipinski definition) is 1. The Labute approximate surface area is 131 Å². The second kappa shape index (κ2) is 6.76. The average molecular weight is 360 g/mol. The minimum absolute atomic E-state index is 0.510. The number of hydrogen-bond acceptors (Lipinski definition) is 1. The van der Waals surface area contributed by atoms with Gasteiger partial charge < -0.3 is 5.11 Å². The van der Waals surface area contributed by atoms with Crippen LogP contribution in [-0.4, -0.2) is 5.11 Å². The third kappa shape index (κ3) is 4.22. The Morgan fingerprint density at radius 2 is 1.74 bits per heavy atom. The summed E-state index contributed by atoms with van der Waals surface area (Å²) in [6, 6.07) is 13.2. The smallest absolute Gasteiger partial charge is 0.0807 e. The number of aryl methyl sites for hydroxylation is 1. The molecule has 1 unspecified atom stereocenters. The molecule has 19 heavy (non-hydrogen) atoms. The van der Waals surface area contributed by atoms with Crippen molar-refractivity contribution in [2.24, 2.45) is 0 Å². The summed E-state index contributed by atoms with van der Waals surface area (Å²) in [7, 11) is 0. The van der Waals surface area contributed by atoms with E-state index in [1.165, 1.54) is 5.56 Å². The predicted octanol–water partition coefficient (Wildman–Crippen LogP) is 5.42. The third-order valence-electron chi connectivity index (χ3n) is 2.94. The molecule has 0 heterocycles. The summed E-state index contributed by atoms with van der Waals surface area (Å²) in [6.07, 6.45) is 0.851. The molecule has 0 amide bonds. The zero-order chi connectivity index (χ0) is 13.8. The summed E-state index contributed by atoms with van der Waals surface area (Å²) >= 11 is 15.3. The maximum absolute atomic E-state index is 10.2. The zero-order valence-corrected chi connectivity index (χ0v) is 13.2. The van der Waals surface area contributed by atoms with Crippen LogP contribution < -0.4 is 0 Å². The van der Waals surface area contributed by atoms with Crippen LogP contribution >= 0.6 is 39.1 Å². The summed E-state index contributed by atoms with van der Waals surface area (Å²) in [5, 5.41) is 11.3. The second-order valence-electron chi connectivity index (χ2n) is 4.35. The molecule has 0 aliphatic carbocycles. The van der Waals surface area contributed by atoms with Gasteiger partial charge in [0.25, 0.3) is 0 Å². The van der Waals surface area contributed by atoms with Crippen molar-refractivity contribution in [3.63, 3.8) is 0 Å². The molecule has 0 spiro atoms. The standard InChI is InChI=1S/C15H13BrCl2O/c16-11-4-1-10(2-5-11)3-8-15(19)13-7-6-12(17)9-14(13)18/h1-2,4-7,9,15,19H,3,8H2. The molecule has 0 saturated carbocycles. The van der Waals surface area contributed by atoms with Gasteiger partial charge in [-0.3, -0.25) is 0 Å². The first-order valence-electron chi connectivity index (χ1n) is 5.94. The van der Waals surface area contributed by atoms with Crippen molar-refractivity contribution >= 4 is 39.1 Å². The van der Waals surface area contributed by atoms with E-state index in [4.69, 9.17) is 23.2 Å². The fourth-order valence-corrected chi connectivity index (χ4v) is 2.68. The molecule has 2 rings (SSSR count). The highest BCUT2D eigenvalue weighted by Crippen LogP contribution is 2.28. The normalized spacial score (nSPS) is 12.4. The Kier molecular flexibility index (Phi) is 5.28. The summed E-state index contributed by atoms with van der Waals surface area (Å²) in [5.74, 6) is 0. The number of aliphatic hydroxyl groups excluding tert-OH is 1. The molecule has 0 aromatic heterocycles. The molecule has 4 heteroatoms. The quantitative estimate of drug-likeness (QED) is 0.772. The van der Waals surface area contributed by atoms with Crippen LogP contribution in [0.2, 0.25) is 10.0 Å². The molecule has 100 valence electrons. The van der Waals surface area contributed by atoms with E-state index in [0.29, 0.717) is 16.5 Å². The van der Waals surface area contributed by atoms with Crippen molar-refractivity contribution in [1.82, 2.24) is 0 Å². The van der Waals surface area contributed by atoms with E-state index < -0.39 is 6.10 Å². The second-order valence-corrected chi connectivity index (χ2v) is 6.11. The minimum Gasteiger partial charge on any atom is -0.388 e. The molecular weight excluding hydrogens is 347 g/mol. The van der Waals surface area contributed by atoms with Gasteiger partial charge in [0.2, 0.25) is 0 Å². The topological polar surface area (TPSA) is 20.2 Å². The van der Waals surface area contributed by atoms with Crippen LogP contribution in [-0.2, 0) is 6.42 Å². The van der Waals surface area contributed by atoms with Gasteiger partial charge >= 0.3 is 0 Å². The van der Waals surface area contributed by atoms with Gasteiger partial charge in [0.1, 0.15) is 0 Å². The van der Waals surface area contributed by atoms with E-state index in [9.17, 15) is 5.11 Å². The van der Waals surface area contributed by atoms with E-state index in [0.717, 1.165) is 16.5 Å². The molecule has 1 atom stereocenters. The van der Waals surface area contributed by atoms with Crippen molar-refractivity contribution in [3.05, 3.63) is 68.1 Å². The summed E-state index contributed by atoms with van der Waals surface area (Å²) < 4.78 is 1.05. The van der Waals surface area contributed by atoms with E-state index in [1.54, 1.807) is 18.2 Å². The molecule has 0 bridgehead atoms. The molecule has 1 N–H and O–H groups in total. The molecular formula is C15H13BrCl2O. The predicted molar refractivity (Wildman–Crippen MR) is 83.9 cm³/mol. The van der Waals surface area contributed by atoms with Crippen LogP contribution in [0.4, 0.5) is 0 Å². The summed E-state index contributed by atoms with van der Waals surface area (Å²) in [6.45, 7) is 0. The average Bonchev–Trinajstić information content (AvgIpc) is 2.37. The van der Waals surface area contributed by atoms with Gasteiger partial charge in [0.05, 0.1) is 6.10 Å². The van der Waals surface area contributed by atoms with Crippen LogP contribution in [0.25, 0.3) is 0 Å². The van der Waals surface area contributed by atoms with Crippen molar-refractivity contribution in [2.45, 2.75) is 18.9 Å². The molecule has 1 nitrogen and oxygen atoms in total. The lowest BCUT2D eigenvalue weighted by Crippen LogP contribution is -2.00. The molecule has 0 aliphatic rings. The first kappa shape index (κ1) is 14.9. The Morgan fingerprint density at radius 1 is 1.05 bits per heavy atom. The third-order valence-corrected chi connectivity index (χ3v) is 4.03. The maximum Gasteiger partial charge on any atom is 0.0807 e. The van der Waals surface area contributed by atoms with Gasteiger partial charge in [-0.15, -0.1) is 0 Å².